The Labute approximate surface area is 111 Å². The van der Waals surface area contributed by atoms with E-state index in [0.717, 1.165) is 6.42 Å². The minimum Gasteiger partial charge on any atom is -0.215 e. The van der Waals surface area contributed by atoms with Crippen LogP contribution in [0.25, 0.3) is 0 Å². The molecule has 1 N–H and O–H groups in total. The van der Waals surface area contributed by atoms with Gasteiger partial charge in [-0.05, 0) is 11.0 Å². The average molecular weight is 269 g/mol. The van der Waals surface area contributed by atoms with Crippen LogP contribution < -0.4 is 4.72 Å². The summed E-state index contributed by atoms with van der Waals surface area (Å²) in [6, 6.07) is 10.1. The maximum absolute atomic E-state index is 11.3. The fraction of sp³-hybridized carbons (Fsp3) is 0.571. The van der Waals surface area contributed by atoms with Gasteiger partial charge >= 0.3 is 0 Å². The number of sulfonamides is 1. The molecule has 18 heavy (non-hydrogen) atoms. The molecule has 1 aromatic rings. The molecule has 0 aromatic heterocycles. The SMILES string of the molecule is CCC(C)(C)[C@H](CNS(C)(=O)=O)c1ccccc1. The highest BCUT2D eigenvalue weighted by molar-refractivity contribution is 7.88. The van der Waals surface area contributed by atoms with Crippen molar-refractivity contribution < 1.29 is 8.42 Å². The summed E-state index contributed by atoms with van der Waals surface area (Å²) in [7, 11) is -3.15. The molecule has 1 atom stereocenters. The van der Waals surface area contributed by atoms with Gasteiger partial charge in [0.1, 0.15) is 0 Å². The van der Waals surface area contributed by atoms with Gasteiger partial charge in [0.2, 0.25) is 10.0 Å². The Morgan fingerprint density at radius 2 is 1.78 bits per heavy atom. The van der Waals surface area contributed by atoms with Crippen LogP contribution in [-0.2, 0) is 10.0 Å². The third-order valence-electron chi connectivity index (χ3n) is 3.61. The summed E-state index contributed by atoms with van der Waals surface area (Å²) in [4.78, 5) is 0. The molecule has 3 nitrogen and oxygen atoms in total. The minimum atomic E-state index is -3.15. The van der Waals surface area contributed by atoms with Gasteiger partial charge in [-0.2, -0.15) is 0 Å². The van der Waals surface area contributed by atoms with Gasteiger partial charge in [0, 0.05) is 12.5 Å². The molecule has 102 valence electrons. The third-order valence-corrected chi connectivity index (χ3v) is 4.30. The molecular formula is C14H23NO2S. The Morgan fingerprint density at radius 3 is 2.22 bits per heavy atom. The zero-order valence-electron chi connectivity index (χ0n) is 11.6. The molecule has 0 aliphatic heterocycles. The highest BCUT2D eigenvalue weighted by Crippen LogP contribution is 2.37. The van der Waals surface area contributed by atoms with Gasteiger partial charge in [0.25, 0.3) is 0 Å². The fourth-order valence-corrected chi connectivity index (χ4v) is 2.48. The van der Waals surface area contributed by atoms with Crippen LogP contribution in [0.4, 0.5) is 0 Å². The van der Waals surface area contributed by atoms with E-state index in [1.807, 2.05) is 18.2 Å². The van der Waals surface area contributed by atoms with E-state index in [9.17, 15) is 8.42 Å². The monoisotopic (exact) mass is 269 g/mol. The first-order chi connectivity index (χ1) is 8.26. The highest BCUT2D eigenvalue weighted by atomic mass is 32.2. The molecule has 0 saturated carbocycles. The smallest absolute Gasteiger partial charge is 0.208 e. The Hall–Kier alpha value is -0.870. The number of nitrogens with one attached hydrogen (secondary N) is 1. The molecule has 0 aliphatic carbocycles. The van der Waals surface area contributed by atoms with Crippen molar-refractivity contribution in [1.82, 2.24) is 4.72 Å². The number of rotatable bonds is 6. The largest absolute Gasteiger partial charge is 0.215 e. The molecule has 1 rings (SSSR count). The maximum atomic E-state index is 11.3. The molecule has 0 bridgehead atoms. The standard InChI is InChI=1S/C14H23NO2S/c1-5-14(2,3)13(11-15-18(4,16)17)12-9-7-6-8-10-12/h6-10,13,15H,5,11H2,1-4H3/t13-/m1/s1. The van der Waals surface area contributed by atoms with E-state index in [-0.39, 0.29) is 11.3 Å². The van der Waals surface area contributed by atoms with E-state index in [1.165, 1.54) is 11.8 Å². The molecule has 0 amide bonds. The lowest BCUT2D eigenvalue weighted by atomic mass is 9.73. The zero-order valence-corrected chi connectivity index (χ0v) is 12.4. The van der Waals surface area contributed by atoms with Crippen LogP contribution in [0.5, 0.6) is 0 Å². The van der Waals surface area contributed by atoms with Gasteiger partial charge in [-0.15, -0.1) is 0 Å². The summed E-state index contributed by atoms with van der Waals surface area (Å²) >= 11 is 0. The lowest BCUT2D eigenvalue weighted by molar-refractivity contribution is 0.273. The molecular weight excluding hydrogens is 246 g/mol. The highest BCUT2D eigenvalue weighted by Gasteiger charge is 2.29. The van der Waals surface area contributed by atoms with Crippen LogP contribution >= 0.6 is 0 Å². The van der Waals surface area contributed by atoms with E-state index < -0.39 is 10.0 Å². The minimum absolute atomic E-state index is 0.0546. The van der Waals surface area contributed by atoms with E-state index in [2.05, 4.69) is 37.6 Å². The molecule has 4 heteroatoms. The van der Waals surface area contributed by atoms with Crippen LogP contribution in [0, 0.1) is 5.41 Å². The Morgan fingerprint density at radius 1 is 1.22 bits per heavy atom. The van der Waals surface area contributed by atoms with Crippen molar-refractivity contribution in [3.8, 4) is 0 Å². The van der Waals surface area contributed by atoms with Crippen molar-refractivity contribution >= 4 is 10.0 Å². The quantitative estimate of drug-likeness (QED) is 0.863. The fourth-order valence-electron chi connectivity index (χ4n) is 2.01. The van der Waals surface area contributed by atoms with Gasteiger partial charge < -0.3 is 0 Å². The summed E-state index contributed by atoms with van der Waals surface area (Å²) in [5.74, 6) is 0.179. The summed E-state index contributed by atoms with van der Waals surface area (Å²) in [6.45, 7) is 6.93. The lowest BCUT2D eigenvalue weighted by Gasteiger charge is -2.34. The van der Waals surface area contributed by atoms with Crippen LogP contribution in [0.2, 0.25) is 0 Å². The van der Waals surface area contributed by atoms with Crippen LogP contribution in [0.1, 0.15) is 38.7 Å². The average Bonchev–Trinajstić information content (AvgIpc) is 2.29. The predicted octanol–water partition coefficient (Wildman–Crippen LogP) is 2.76. The van der Waals surface area contributed by atoms with Crippen molar-refractivity contribution in [2.24, 2.45) is 5.41 Å². The number of hydrogen-bond donors (Lipinski definition) is 1. The molecule has 0 spiro atoms. The van der Waals surface area contributed by atoms with Crippen LogP contribution in [0.15, 0.2) is 30.3 Å². The van der Waals surface area contributed by atoms with Gasteiger partial charge in [0.15, 0.2) is 0 Å². The molecule has 0 heterocycles. The normalized spacial score (nSPS) is 14.4. The molecule has 0 aliphatic rings. The van der Waals surface area contributed by atoms with Gasteiger partial charge in [-0.25, -0.2) is 13.1 Å². The Kier molecular flexibility index (Phi) is 4.93. The van der Waals surface area contributed by atoms with Gasteiger partial charge in [-0.1, -0.05) is 57.5 Å². The van der Waals surface area contributed by atoms with Gasteiger partial charge in [-0.3, -0.25) is 0 Å². The van der Waals surface area contributed by atoms with Crippen molar-refractivity contribution in [2.45, 2.75) is 33.1 Å². The second-order valence-corrected chi connectivity index (χ2v) is 7.26. The number of hydrogen-bond acceptors (Lipinski definition) is 2. The van der Waals surface area contributed by atoms with Crippen molar-refractivity contribution in [1.29, 1.82) is 0 Å². The first kappa shape index (κ1) is 15.2. The van der Waals surface area contributed by atoms with Gasteiger partial charge in [0.05, 0.1) is 6.26 Å². The van der Waals surface area contributed by atoms with Crippen molar-refractivity contribution in [3.63, 3.8) is 0 Å². The van der Waals surface area contributed by atoms with Crippen LogP contribution in [-0.4, -0.2) is 21.2 Å². The van der Waals surface area contributed by atoms with E-state index >= 15 is 0 Å². The summed E-state index contributed by atoms with van der Waals surface area (Å²) in [5.41, 5.74) is 1.24. The number of benzene rings is 1. The second kappa shape index (κ2) is 5.85. The summed E-state index contributed by atoms with van der Waals surface area (Å²) in [5, 5.41) is 0. The third kappa shape index (κ3) is 4.42. The Balaban J connectivity index is 2.97. The van der Waals surface area contributed by atoms with E-state index in [0.29, 0.717) is 6.54 Å². The van der Waals surface area contributed by atoms with Crippen LogP contribution in [0.3, 0.4) is 0 Å². The van der Waals surface area contributed by atoms with E-state index in [1.54, 1.807) is 0 Å². The van der Waals surface area contributed by atoms with Crippen molar-refractivity contribution in [3.05, 3.63) is 35.9 Å². The predicted molar refractivity (Wildman–Crippen MR) is 76.1 cm³/mol. The first-order valence-corrected chi connectivity index (χ1v) is 8.15. The second-order valence-electron chi connectivity index (χ2n) is 5.43. The summed E-state index contributed by atoms with van der Waals surface area (Å²) in [6.07, 6.45) is 2.20. The maximum Gasteiger partial charge on any atom is 0.208 e. The molecule has 0 saturated heterocycles. The molecule has 1 aromatic carbocycles. The first-order valence-electron chi connectivity index (χ1n) is 6.26. The van der Waals surface area contributed by atoms with Crippen molar-refractivity contribution in [2.75, 3.05) is 12.8 Å². The molecule has 0 unspecified atom stereocenters. The zero-order chi connectivity index (χ0) is 13.8. The molecule has 0 radical (unpaired) electrons. The van der Waals surface area contributed by atoms with E-state index in [4.69, 9.17) is 0 Å². The topological polar surface area (TPSA) is 46.2 Å². The summed E-state index contributed by atoms with van der Waals surface area (Å²) < 4.78 is 25.2. The lowest BCUT2D eigenvalue weighted by Crippen LogP contribution is -2.34. The Bertz CT molecular complexity index is 466. The molecule has 0 fully saturated rings.